The number of anilines is 2. The first-order valence-electron chi connectivity index (χ1n) is 9.37. The second-order valence-electron chi connectivity index (χ2n) is 7.02. The predicted molar refractivity (Wildman–Crippen MR) is 107 cm³/mol. The van der Waals surface area contributed by atoms with Crippen LogP contribution >= 0.6 is 0 Å². The summed E-state index contributed by atoms with van der Waals surface area (Å²) in [5.41, 5.74) is 6.30. The Morgan fingerprint density at radius 3 is 2.81 bits per heavy atom. The number of nitrogens with zero attached hydrogens (tertiary/aromatic N) is 1. The average Bonchev–Trinajstić information content (AvgIpc) is 2.65. The molecule has 0 atom stereocenters. The summed E-state index contributed by atoms with van der Waals surface area (Å²) in [6, 6.07) is 8.10. The summed E-state index contributed by atoms with van der Waals surface area (Å²) in [5, 5.41) is 6.36. The minimum Gasteiger partial charge on any atom is -0.354 e. The number of carbonyl (C=O) groups is 1. The van der Waals surface area contributed by atoms with Gasteiger partial charge in [0, 0.05) is 18.4 Å². The van der Waals surface area contributed by atoms with E-state index in [4.69, 9.17) is 0 Å². The highest BCUT2D eigenvalue weighted by Gasteiger charge is 2.09. The van der Waals surface area contributed by atoms with Crippen LogP contribution in [0.2, 0.25) is 0 Å². The van der Waals surface area contributed by atoms with Crippen molar-refractivity contribution >= 4 is 17.3 Å². The van der Waals surface area contributed by atoms with Crippen molar-refractivity contribution in [2.45, 2.75) is 46.0 Å². The molecular weight excluding hydrogens is 322 g/mol. The van der Waals surface area contributed by atoms with E-state index in [2.05, 4.69) is 53.7 Å². The number of hydrogen-bond donors (Lipinski definition) is 2. The van der Waals surface area contributed by atoms with Crippen LogP contribution in [-0.4, -0.2) is 17.4 Å². The molecule has 1 aliphatic rings. The van der Waals surface area contributed by atoms with Crippen LogP contribution in [0.5, 0.6) is 0 Å². The van der Waals surface area contributed by atoms with Crippen LogP contribution in [0.25, 0.3) is 0 Å². The highest BCUT2D eigenvalue weighted by atomic mass is 16.1. The molecule has 1 aromatic carbocycles. The summed E-state index contributed by atoms with van der Waals surface area (Å²) in [6.07, 6.45) is 11.5. The molecule has 2 aromatic rings. The van der Waals surface area contributed by atoms with E-state index in [0.29, 0.717) is 12.1 Å². The van der Waals surface area contributed by atoms with E-state index in [0.717, 1.165) is 17.8 Å². The lowest BCUT2D eigenvalue weighted by atomic mass is 9.97. The van der Waals surface area contributed by atoms with E-state index in [1.54, 1.807) is 12.4 Å². The number of amides is 1. The maximum absolute atomic E-state index is 12.4. The van der Waals surface area contributed by atoms with Gasteiger partial charge >= 0.3 is 0 Å². The first kappa shape index (κ1) is 18.2. The summed E-state index contributed by atoms with van der Waals surface area (Å²) in [6.45, 7) is 4.82. The smallest absolute Gasteiger partial charge is 0.252 e. The summed E-state index contributed by atoms with van der Waals surface area (Å²) in [5.74, 6) is -0.0711. The monoisotopic (exact) mass is 349 g/mol. The van der Waals surface area contributed by atoms with Gasteiger partial charge in [0.1, 0.15) is 0 Å². The number of carbonyl (C=O) groups excluding carboxylic acids is 1. The number of hydrogen-bond acceptors (Lipinski definition) is 3. The van der Waals surface area contributed by atoms with Crippen LogP contribution in [0.3, 0.4) is 0 Å². The van der Waals surface area contributed by atoms with Crippen molar-refractivity contribution in [2.75, 3.05) is 11.9 Å². The van der Waals surface area contributed by atoms with Gasteiger partial charge in [0.05, 0.1) is 17.4 Å². The Morgan fingerprint density at radius 2 is 2.04 bits per heavy atom. The van der Waals surface area contributed by atoms with Crippen molar-refractivity contribution in [1.82, 2.24) is 10.3 Å². The third-order valence-electron chi connectivity index (χ3n) is 4.78. The fourth-order valence-electron chi connectivity index (χ4n) is 3.31. The topological polar surface area (TPSA) is 54.0 Å². The minimum atomic E-state index is -0.0711. The molecule has 0 saturated heterocycles. The van der Waals surface area contributed by atoms with Gasteiger partial charge in [0.2, 0.25) is 0 Å². The molecule has 0 aliphatic heterocycles. The highest BCUT2D eigenvalue weighted by Crippen LogP contribution is 2.22. The molecule has 0 fully saturated rings. The lowest BCUT2D eigenvalue weighted by Crippen LogP contribution is -2.25. The molecule has 1 aromatic heterocycles. The zero-order valence-corrected chi connectivity index (χ0v) is 15.6. The summed E-state index contributed by atoms with van der Waals surface area (Å²) < 4.78 is 0. The highest BCUT2D eigenvalue weighted by molar-refractivity contribution is 5.94. The largest absolute Gasteiger partial charge is 0.354 e. The van der Waals surface area contributed by atoms with Gasteiger partial charge in [-0.15, -0.1) is 0 Å². The molecule has 136 valence electrons. The molecule has 1 aliphatic carbocycles. The molecule has 1 amide bonds. The third-order valence-corrected chi connectivity index (χ3v) is 4.78. The quantitative estimate of drug-likeness (QED) is 0.717. The normalized spacial score (nSPS) is 13.8. The van der Waals surface area contributed by atoms with Crippen LogP contribution in [0.1, 0.15) is 53.6 Å². The lowest BCUT2D eigenvalue weighted by Gasteiger charge is -2.13. The Balaban J connectivity index is 1.59. The predicted octanol–water partition coefficient (Wildman–Crippen LogP) is 5.06. The zero-order valence-electron chi connectivity index (χ0n) is 15.6. The van der Waals surface area contributed by atoms with E-state index in [1.807, 2.05) is 6.07 Å². The molecule has 3 rings (SSSR count). The van der Waals surface area contributed by atoms with E-state index < -0.39 is 0 Å². The van der Waals surface area contributed by atoms with Crippen LogP contribution in [0.15, 0.2) is 48.3 Å². The van der Waals surface area contributed by atoms with Gasteiger partial charge in [-0.05, 0) is 63.6 Å². The first-order valence-corrected chi connectivity index (χ1v) is 9.37. The Bertz CT molecular complexity index is 811. The molecule has 1 heterocycles. The summed E-state index contributed by atoms with van der Waals surface area (Å²) in [7, 11) is 0. The minimum absolute atomic E-state index is 0.0711. The van der Waals surface area contributed by atoms with E-state index in [9.17, 15) is 4.79 Å². The molecule has 0 bridgehead atoms. The molecule has 4 nitrogen and oxygen atoms in total. The van der Waals surface area contributed by atoms with Gasteiger partial charge < -0.3 is 10.6 Å². The van der Waals surface area contributed by atoms with Gasteiger partial charge in [-0.3, -0.25) is 9.78 Å². The Morgan fingerprint density at radius 1 is 1.15 bits per heavy atom. The van der Waals surface area contributed by atoms with Crippen molar-refractivity contribution in [3.63, 3.8) is 0 Å². The number of aryl methyl sites for hydroxylation is 2. The zero-order chi connectivity index (χ0) is 18.4. The average molecular weight is 349 g/mol. The van der Waals surface area contributed by atoms with Gasteiger partial charge in [0.15, 0.2) is 0 Å². The number of pyridine rings is 1. The Hall–Kier alpha value is -2.62. The molecule has 0 saturated carbocycles. The third kappa shape index (κ3) is 4.94. The number of aromatic nitrogens is 1. The van der Waals surface area contributed by atoms with E-state index in [-0.39, 0.29) is 5.91 Å². The standard InChI is InChI=1S/C22H27N3O/c1-16-8-9-21(17(2)12-16)25-20-13-19(14-23-15-20)22(26)24-11-10-18-6-4-3-5-7-18/h6,8-9,12-15,25H,3-5,7,10-11H2,1-2H3,(H,24,26). The molecule has 2 N–H and O–H groups in total. The molecular formula is C22H27N3O. The molecule has 0 unspecified atom stereocenters. The fourth-order valence-corrected chi connectivity index (χ4v) is 3.31. The maximum atomic E-state index is 12.4. The van der Waals surface area contributed by atoms with Crippen molar-refractivity contribution in [3.05, 3.63) is 65.0 Å². The van der Waals surface area contributed by atoms with Crippen molar-refractivity contribution in [2.24, 2.45) is 0 Å². The maximum Gasteiger partial charge on any atom is 0.252 e. The SMILES string of the molecule is Cc1ccc(Nc2cncc(C(=O)NCCC3=CCCCC3)c2)c(C)c1. The van der Waals surface area contributed by atoms with Gasteiger partial charge in [-0.1, -0.05) is 29.3 Å². The second kappa shape index (κ2) is 8.65. The molecule has 4 heteroatoms. The molecule has 0 radical (unpaired) electrons. The van der Waals surface area contributed by atoms with E-state index in [1.165, 1.54) is 42.4 Å². The fraction of sp³-hybridized carbons (Fsp3) is 0.364. The number of rotatable bonds is 6. The molecule has 26 heavy (non-hydrogen) atoms. The van der Waals surface area contributed by atoms with Crippen molar-refractivity contribution < 1.29 is 4.79 Å². The lowest BCUT2D eigenvalue weighted by molar-refractivity contribution is 0.0953. The van der Waals surface area contributed by atoms with Crippen molar-refractivity contribution in [1.29, 1.82) is 0 Å². The van der Waals surface area contributed by atoms with Gasteiger partial charge in [0.25, 0.3) is 5.91 Å². The van der Waals surface area contributed by atoms with Crippen molar-refractivity contribution in [3.8, 4) is 0 Å². The number of allylic oxidation sites excluding steroid dienone is 1. The van der Waals surface area contributed by atoms with Crippen LogP contribution in [-0.2, 0) is 0 Å². The Kier molecular flexibility index (Phi) is 6.05. The second-order valence-corrected chi connectivity index (χ2v) is 7.02. The first-order chi connectivity index (χ1) is 12.6. The van der Waals surface area contributed by atoms with Crippen LogP contribution in [0.4, 0.5) is 11.4 Å². The molecule has 0 spiro atoms. The summed E-state index contributed by atoms with van der Waals surface area (Å²) >= 11 is 0. The number of nitrogens with one attached hydrogen (secondary N) is 2. The number of benzene rings is 1. The van der Waals surface area contributed by atoms with E-state index >= 15 is 0 Å². The summed E-state index contributed by atoms with van der Waals surface area (Å²) in [4.78, 5) is 16.6. The van der Waals surface area contributed by atoms with Crippen LogP contribution < -0.4 is 10.6 Å². The Labute approximate surface area is 155 Å². The van der Waals surface area contributed by atoms with Gasteiger partial charge in [-0.2, -0.15) is 0 Å². The van der Waals surface area contributed by atoms with Crippen LogP contribution in [0, 0.1) is 13.8 Å². The van der Waals surface area contributed by atoms with Gasteiger partial charge in [-0.25, -0.2) is 0 Å².